The van der Waals surface area contributed by atoms with Gasteiger partial charge in [-0.15, -0.1) is 0 Å². The monoisotopic (exact) mass is 626 g/mol. The molecule has 0 aliphatic rings. The molecule has 206 valence electrons. The molecule has 0 saturated heterocycles. The van der Waals surface area contributed by atoms with Crippen molar-refractivity contribution in [3.63, 3.8) is 0 Å². The Hall–Kier alpha value is -4.14. The Morgan fingerprint density at radius 2 is 1.24 bits per heavy atom. The van der Waals surface area contributed by atoms with Gasteiger partial charge in [-0.05, 0) is 60.7 Å². The summed E-state index contributed by atoms with van der Waals surface area (Å²) in [7, 11) is 0. The molecule has 0 aliphatic carbocycles. The van der Waals surface area contributed by atoms with E-state index in [0.29, 0.717) is 21.2 Å². The second kappa shape index (κ2) is 14.0. The fraction of sp³-hybridized carbons (Fsp3) is 0. The lowest BCUT2D eigenvalue weighted by molar-refractivity contribution is -0.128. The third-order valence-corrected chi connectivity index (χ3v) is 6.44. The van der Waals surface area contributed by atoms with E-state index in [4.69, 9.17) is 55.9 Å². The van der Waals surface area contributed by atoms with Crippen molar-refractivity contribution in [2.75, 3.05) is 0 Å². The summed E-state index contributed by atoms with van der Waals surface area (Å²) >= 11 is 23.9. The van der Waals surface area contributed by atoms with Crippen LogP contribution in [0.1, 0.15) is 31.8 Å². The zero-order valence-corrected chi connectivity index (χ0v) is 23.8. The number of halogens is 4. The standard InChI is InChI=1S/C30H18Cl4N2O5/c31-20-10-12-22(24(33)15-20)29(38)36-35-17-19-6-2-4-8-27(19)40-28(37)14-9-18-5-1-3-7-26(18)41-30(39)23-13-11-21(32)16-25(23)34/h1-17H,(H,36,38)/b14-9+,35-17+. The highest BCUT2D eigenvalue weighted by molar-refractivity contribution is 6.37. The number of amides is 1. The maximum absolute atomic E-state index is 12.6. The first-order valence-electron chi connectivity index (χ1n) is 11.7. The quantitative estimate of drug-likeness (QED) is 0.0704. The molecular weight excluding hydrogens is 610 g/mol. The molecule has 0 bridgehead atoms. The number of ether oxygens (including phenoxy) is 2. The summed E-state index contributed by atoms with van der Waals surface area (Å²) in [4.78, 5) is 37.6. The van der Waals surface area contributed by atoms with Gasteiger partial charge in [0, 0.05) is 27.2 Å². The first kappa shape index (κ1) is 29.8. The number of hydrazone groups is 1. The zero-order valence-electron chi connectivity index (χ0n) is 20.8. The Morgan fingerprint density at radius 3 is 1.88 bits per heavy atom. The highest BCUT2D eigenvalue weighted by Gasteiger charge is 2.15. The Kier molecular flexibility index (Phi) is 10.2. The molecule has 0 spiro atoms. The number of para-hydroxylation sites is 2. The van der Waals surface area contributed by atoms with Crippen LogP contribution in [0.4, 0.5) is 0 Å². The summed E-state index contributed by atoms with van der Waals surface area (Å²) in [6.45, 7) is 0. The van der Waals surface area contributed by atoms with Crippen molar-refractivity contribution in [1.82, 2.24) is 5.43 Å². The second-order valence-electron chi connectivity index (χ2n) is 8.17. The molecule has 1 amide bonds. The lowest BCUT2D eigenvalue weighted by atomic mass is 10.2. The third kappa shape index (κ3) is 8.19. The Balaban J connectivity index is 1.42. The van der Waals surface area contributed by atoms with Crippen LogP contribution in [0.2, 0.25) is 20.1 Å². The van der Waals surface area contributed by atoms with E-state index in [1.54, 1.807) is 48.5 Å². The van der Waals surface area contributed by atoms with E-state index in [0.717, 1.165) is 0 Å². The van der Waals surface area contributed by atoms with Crippen molar-refractivity contribution in [2.24, 2.45) is 5.10 Å². The molecule has 4 rings (SSSR count). The predicted octanol–water partition coefficient (Wildman–Crippen LogP) is 7.90. The number of rotatable bonds is 8. The molecule has 41 heavy (non-hydrogen) atoms. The van der Waals surface area contributed by atoms with Crippen LogP contribution in [-0.2, 0) is 4.79 Å². The van der Waals surface area contributed by atoms with Crippen LogP contribution in [-0.4, -0.2) is 24.1 Å². The average molecular weight is 628 g/mol. The molecule has 0 aliphatic heterocycles. The predicted molar refractivity (Wildman–Crippen MR) is 160 cm³/mol. The van der Waals surface area contributed by atoms with Gasteiger partial charge in [-0.3, -0.25) is 4.79 Å². The molecule has 4 aromatic carbocycles. The number of hydrogen-bond donors (Lipinski definition) is 1. The van der Waals surface area contributed by atoms with Gasteiger partial charge in [0.2, 0.25) is 0 Å². The van der Waals surface area contributed by atoms with E-state index in [-0.39, 0.29) is 32.7 Å². The van der Waals surface area contributed by atoms with Gasteiger partial charge in [0.1, 0.15) is 11.5 Å². The number of hydrogen-bond acceptors (Lipinski definition) is 6. The molecule has 0 radical (unpaired) electrons. The minimum absolute atomic E-state index is 0.139. The minimum Gasteiger partial charge on any atom is -0.423 e. The van der Waals surface area contributed by atoms with Gasteiger partial charge in [-0.1, -0.05) is 76.7 Å². The first-order valence-corrected chi connectivity index (χ1v) is 13.3. The molecule has 0 fully saturated rings. The molecule has 0 aromatic heterocycles. The van der Waals surface area contributed by atoms with Gasteiger partial charge in [-0.2, -0.15) is 5.10 Å². The van der Waals surface area contributed by atoms with Crippen LogP contribution in [0.15, 0.2) is 96.1 Å². The highest BCUT2D eigenvalue weighted by Crippen LogP contribution is 2.26. The number of esters is 2. The van der Waals surface area contributed by atoms with Crippen molar-refractivity contribution in [1.29, 1.82) is 0 Å². The summed E-state index contributed by atoms with van der Waals surface area (Å²) in [5, 5.41) is 5.03. The number of carbonyl (C=O) groups is 3. The molecular formula is C30H18Cl4N2O5. The van der Waals surface area contributed by atoms with Crippen molar-refractivity contribution < 1.29 is 23.9 Å². The Bertz CT molecular complexity index is 1690. The van der Waals surface area contributed by atoms with Crippen molar-refractivity contribution in [3.8, 4) is 11.5 Å². The van der Waals surface area contributed by atoms with Crippen molar-refractivity contribution in [3.05, 3.63) is 133 Å². The van der Waals surface area contributed by atoms with Crippen LogP contribution < -0.4 is 14.9 Å². The summed E-state index contributed by atoms with van der Waals surface area (Å²) < 4.78 is 10.9. The van der Waals surface area contributed by atoms with Crippen LogP contribution in [0.5, 0.6) is 11.5 Å². The fourth-order valence-electron chi connectivity index (χ4n) is 3.40. The molecule has 7 nitrogen and oxygen atoms in total. The van der Waals surface area contributed by atoms with E-state index in [1.165, 1.54) is 54.8 Å². The van der Waals surface area contributed by atoms with Gasteiger partial charge in [0.05, 0.1) is 27.4 Å². The number of carbonyl (C=O) groups excluding carboxylic acids is 3. The molecule has 0 saturated carbocycles. The van der Waals surface area contributed by atoms with E-state index < -0.39 is 17.8 Å². The molecule has 0 heterocycles. The summed E-state index contributed by atoms with van der Waals surface area (Å²) in [5.74, 6) is -1.53. The molecule has 4 aromatic rings. The maximum atomic E-state index is 12.6. The minimum atomic E-state index is -0.704. The van der Waals surface area contributed by atoms with Gasteiger partial charge in [0.25, 0.3) is 5.91 Å². The fourth-order valence-corrected chi connectivity index (χ4v) is 4.38. The first-order chi connectivity index (χ1) is 19.7. The van der Waals surface area contributed by atoms with Crippen molar-refractivity contribution in [2.45, 2.75) is 0 Å². The van der Waals surface area contributed by atoms with Crippen LogP contribution in [0.3, 0.4) is 0 Å². The summed E-state index contributed by atoms with van der Waals surface area (Å²) in [5.41, 5.74) is 3.57. The lowest BCUT2D eigenvalue weighted by Gasteiger charge is -2.09. The van der Waals surface area contributed by atoms with Gasteiger partial charge in [0.15, 0.2) is 0 Å². The average Bonchev–Trinajstić information content (AvgIpc) is 2.93. The number of benzene rings is 4. The van der Waals surface area contributed by atoms with Crippen molar-refractivity contribution >= 4 is 76.5 Å². The topological polar surface area (TPSA) is 94.1 Å². The Labute approximate surface area is 254 Å². The normalized spacial score (nSPS) is 11.0. The van der Waals surface area contributed by atoms with E-state index in [2.05, 4.69) is 10.5 Å². The third-order valence-electron chi connectivity index (χ3n) is 5.35. The van der Waals surface area contributed by atoms with E-state index >= 15 is 0 Å². The van der Waals surface area contributed by atoms with E-state index in [9.17, 15) is 14.4 Å². The molecule has 1 N–H and O–H groups in total. The van der Waals surface area contributed by atoms with Crippen LogP contribution in [0, 0.1) is 0 Å². The largest absolute Gasteiger partial charge is 0.423 e. The smallest absolute Gasteiger partial charge is 0.345 e. The van der Waals surface area contributed by atoms with E-state index in [1.807, 2.05) is 0 Å². The zero-order chi connectivity index (χ0) is 29.4. The highest BCUT2D eigenvalue weighted by atomic mass is 35.5. The van der Waals surface area contributed by atoms with Crippen LogP contribution in [0.25, 0.3) is 6.08 Å². The van der Waals surface area contributed by atoms with Crippen LogP contribution >= 0.6 is 46.4 Å². The lowest BCUT2D eigenvalue weighted by Crippen LogP contribution is -2.18. The van der Waals surface area contributed by atoms with Gasteiger partial charge >= 0.3 is 11.9 Å². The van der Waals surface area contributed by atoms with Gasteiger partial charge < -0.3 is 9.47 Å². The Morgan fingerprint density at radius 1 is 0.683 bits per heavy atom. The SMILES string of the molecule is O=C(/C=C/c1ccccc1OC(=O)c1ccc(Cl)cc1Cl)Oc1ccccc1/C=N/NC(=O)c1ccc(Cl)cc1Cl. The molecule has 0 unspecified atom stereocenters. The summed E-state index contributed by atoms with van der Waals surface area (Å²) in [6.07, 6.45) is 3.95. The molecule has 11 heteroatoms. The van der Waals surface area contributed by atoms with Gasteiger partial charge in [-0.25, -0.2) is 15.0 Å². The maximum Gasteiger partial charge on any atom is 0.345 e. The number of nitrogens with zero attached hydrogens (tertiary/aromatic N) is 1. The summed E-state index contributed by atoms with van der Waals surface area (Å²) in [6, 6.07) is 22.1. The molecule has 0 atom stereocenters. The second-order valence-corrected chi connectivity index (χ2v) is 9.85. The number of nitrogens with one attached hydrogen (secondary N) is 1.